The zero-order valence-corrected chi connectivity index (χ0v) is 12.4. The molecule has 0 saturated carbocycles. The largest absolute Gasteiger partial charge is 0.330 e. The molecule has 0 unspecified atom stereocenters. The van der Waals surface area contributed by atoms with Crippen LogP contribution in [0.15, 0.2) is 16.6 Å². The minimum Gasteiger partial charge on any atom is -0.330 e. The monoisotopic (exact) mass is 338 g/mol. The maximum absolute atomic E-state index is 13.2. The van der Waals surface area contributed by atoms with Crippen molar-refractivity contribution < 1.29 is 12.8 Å². The van der Waals surface area contributed by atoms with Crippen molar-refractivity contribution in [3.05, 3.63) is 28.0 Å². The van der Waals surface area contributed by atoms with Crippen molar-refractivity contribution in [2.24, 2.45) is 5.73 Å². The quantitative estimate of drug-likeness (QED) is 0.782. The molecular weight excluding hydrogens is 323 g/mol. The lowest BCUT2D eigenvalue weighted by molar-refractivity contribution is 0.596. The summed E-state index contributed by atoms with van der Waals surface area (Å²) in [4.78, 5) is 0. The number of sulfonamides is 1. The Hall–Kier alpha value is -0.660. The fraction of sp³-hybridized carbons (Fsp3) is 0.455. The van der Waals surface area contributed by atoms with Crippen molar-refractivity contribution in [2.75, 3.05) is 17.0 Å². The maximum Gasteiger partial charge on any atom is 0.232 e. The van der Waals surface area contributed by atoms with Crippen LogP contribution in [-0.4, -0.2) is 20.7 Å². The zero-order valence-electron chi connectivity index (χ0n) is 10.0. The number of hydrogen-bond donors (Lipinski definition) is 2. The Kier molecular flexibility index (Phi) is 5.55. The Morgan fingerprint density at radius 3 is 2.67 bits per heavy atom. The Morgan fingerprint density at radius 2 is 2.06 bits per heavy atom. The molecule has 102 valence electrons. The van der Waals surface area contributed by atoms with E-state index in [1.165, 1.54) is 12.1 Å². The molecule has 1 aromatic rings. The van der Waals surface area contributed by atoms with E-state index in [1.54, 1.807) is 6.92 Å². The molecular formula is C11H16BrFN2O2S. The van der Waals surface area contributed by atoms with Gasteiger partial charge in [0.2, 0.25) is 10.0 Å². The van der Waals surface area contributed by atoms with Crippen LogP contribution < -0.4 is 10.5 Å². The topological polar surface area (TPSA) is 72.2 Å². The highest BCUT2D eigenvalue weighted by Crippen LogP contribution is 2.25. The Morgan fingerprint density at radius 1 is 1.39 bits per heavy atom. The Labute approximate surface area is 115 Å². The zero-order chi connectivity index (χ0) is 13.8. The number of nitrogens with one attached hydrogen (secondary N) is 1. The van der Waals surface area contributed by atoms with E-state index in [1.807, 2.05) is 0 Å². The van der Waals surface area contributed by atoms with Crippen molar-refractivity contribution in [3.63, 3.8) is 0 Å². The van der Waals surface area contributed by atoms with E-state index < -0.39 is 15.8 Å². The van der Waals surface area contributed by atoms with Gasteiger partial charge in [-0.05, 0) is 59.9 Å². The van der Waals surface area contributed by atoms with Gasteiger partial charge in [0, 0.05) is 0 Å². The van der Waals surface area contributed by atoms with Crippen molar-refractivity contribution in [1.82, 2.24) is 0 Å². The molecule has 18 heavy (non-hydrogen) atoms. The van der Waals surface area contributed by atoms with Crippen LogP contribution in [0.25, 0.3) is 0 Å². The second kappa shape index (κ2) is 6.49. The van der Waals surface area contributed by atoms with Gasteiger partial charge < -0.3 is 5.73 Å². The van der Waals surface area contributed by atoms with Gasteiger partial charge in [0.15, 0.2) is 0 Å². The molecule has 0 saturated heterocycles. The van der Waals surface area contributed by atoms with Gasteiger partial charge in [0.05, 0.1) is 15.9 Å². The molecule has 0 amide bonds. The molecule has 0 aliphatic carbocycles. The van der Waals surface area contributed by atoms with Crippen molar-refractivity contribution in [1.29, 1.82) is 0 Å². The second-order valence-corrected chi connectivity index (χ2v) is 6.69. The summed E-state index contributed by atoms with van der Waals surface area (Å²) in [6.45, 7) is 2.11. The summed E-state index contributed by atoms with van der Waals surface area (Å²) in [5.74, 6) is -0.405. The van der Waals surface area contributed by atoms with E-state index in [0.717, 1.165) is 0 Å². The first-order valence-electron chi connectivity index (χ1n) is 5.52. The van der Waals surface area contributed by atoms with Crippen LogP contribution >= 0.6 is 15.9 Å². The first kappa shape index (κ1) is 15.4. The molecule has 0 aromatic heterocycles. The van der Waals surface area contributed by atoms with Crippen molar-refractivity contribution in [2.45, 2.75) is 19.8 Å². The lowest BCUT2D eigenvalue weighted by Crippen LogP contribution is -2.18. The molecule has 0 atom stereocenters. The van der Waals surface area contributed by atoms with Gasteiger partial charge in [-0.1, -0.05) is 0 Å². The predicted octanol–water partition coefficient (Wildman–Crippen LogP) is 2.38. The molecule has 1 aromatic carbocycles. The average Bonchev–Trinajstić information content (AvgIpc) is 2.26. The third-order valence-electron chi connectivity index (χ3n) is 2.40. The SMILES string of the molecule is Cc1cc(F)c(Br)cc1NS(=O)(=O)CCCCN. The van der Waals surface area contributed by atoms with Crippen molar-refractivity contribution in [3.8, 4) is 0 Å². The molecule has 0 aliphatic rings. The predicted molar refractivity (Wildman–Crippen MR) is 74.5 cm³/mol. The number of unbranched alkanes of at least 4 members (excludes halogenated alkanes) is 1. The van der Waals surface area contributed by atoms with Gasteiger partial charge in [-0.3, -0.25) is 4.72 Å². The minimum absolute atomic E-state index is 0.0125. The van der Waals surface area contributed by atoms with E-state index >= 15 is 0 Å². The van der Waals surface area contributed by atoms with Crippen LogP contribution in [-0.2, 0) is 10.0 Å². The number of nitrogens with two attached hydrogens (primary N) is 1. The van der Waals surface area contributed by atoms with E-state index in [9.17, 15) is 12.8 Å². The van der Waals surface area contributed by atoms with Crippen LogP contribution in [0.2, 0.25) is 0 Å². The molecule has 3 N–H and O–H groups in total. The van der Waals surface area contributed by atoms with Crippen LogP contribution in [0.3, 0.4) is 0 Å². The molecule has 0 spiro atoms. The average molecular weight is 339 g/mol. The first-order chi connectivity index (χ1) is 8.35. The smallest absolute Gasteiger partial charge is 0.232 e. The van der Waals surface area contributed by atoms with Gasteiger partial charge in [0.1, 0.15) is 5.82 Å². The molecule has 4 nitrogen and oxygen atoms in total. The minimum atomic E-state index is -3.41. The van der Waals surface area contributed by atoms with Gasteiger partial charge in [-0.2, -0.15) is 0 Å². The fourth-order valence-electron chi connectivity index (χ4n) is 1.41. The number of anilines is 1. The number of hydrogen-bond acceptors (Lipinski definition) is 3. The molecule has 0 aliphatic heterocycles. The van der Waals surface area contributed by atoms with Gasteiger partial charge in [-0.15, -0.1) is 0 Å². The van der Waals surface area contributed by atoms with E-state index in [4.69, 9.17) is 5.73 Å². The van der Waals surface area contributed by atoms with Crippen LogP contribution in [0.5, 0.6) is 0 Å². The lowest BCUT2D eigenvalue weighted by Gasteiger charge is -2.11. The van der Waals surface area contributed by atoms with Gasteiger partial charge in [-0.25, -0.2) is 12.8 Å². The number of aryl methyl sites for hydroxylation is 1. The highest BCUT2D eigenvalue weighted by molar-refractivity contribution is 9.10. The summed E-state index contributed by atoms with van der Waals surface area (Å²) in [5.41, 5.74) is 6.23. The number of benzene rings is 1. The van der Waals surface area contributed by atoms with E-state index in [0.29, 0.717) is 30.6 Å². The first-order valence-corrected chi connectivity index (χ1v) is 7.96. The Balaban J connectivity index is 2.81. The van der Waals surface area contributed by atoms with Crippen LogP contribution in [0.4, 0.5) is 10.1 Å². The highest BCUT2D eigenvalue weighted by atomic mass is 79.9. The number of halogens is 2. The second-order valence-electron chi connectivity index (χ2n) is 4.00. The summed E-state index contributed by atoms with van der Waals surface area (Å²) in [5, 5.41) is 0. The van der Waals surface area contributed by atoms with E-state index in [-0.39, 0.29) is 10.2 Å². The number of rotatable bonds is 6. The van der Waals surface area contributed by atoms with Crippen molar-refractivity contribution >= 4 is 31.6 Å². The summed E-state index contributed by atoms with van der Waals surface area (Å²) < 4.78 is 39.4. The van der Waals surface area contributed by atoms with Crippen LogP contribution in [0.1, 0.15) is 18.4 Å². The lowest BCUT2D eigenvalue weighted by atomic mass is 10.2. The fourth-order valence-corrected chi connectivity index (χ4v) is 3.00. The van der Waals surface area contributed by atoms with Gasteiger partial charge >= 0.3 is 0 Å². The standard InChI is InChI=1S/C11H16BrFN2O2S/c1-8-6-10(13)9(12)7-11(8)15-18(16,17)5-3-2-4-14/h6-7,15H,2-5,14H2,1H3. The maximum atomic E-state index is 13.2. The highest BCUT2D eigenvalue weighted by Gasteiger charge is 2.13. The van der Waals surface area contributed by atoms with Crippen LogP contribution in [0, 0.1) is 12.7 Å². The Bertz CT molecular complexity index is 520. The molecule has 0 radical (unpaired) electrons. The summed E-state index contributed by atoms with van der Waals surface area (Å²) in [6, 6.07) is 2.70. The molecule has 1 rings (SSSR count). The van der Waals surface area contributed by atoms with Gasteiger partial charge in [0.25, 0.3) is 0 Å². The summed E-state index contributed by atoms with van der Waals surface area (Å²) in [7, 11) is -3.41. The third-order valence-corrected chi connectivity index (χ3v) is 4.36. The third kappa shape index (κ3) is 4.55. The summed E-state index contributed by atoms with van der Waals surface area (Å²) >= 11 is 3.03. The molecule has 7 heteroatoms. The molecule has 0 fully saturated rings. The van der Waals surface area contributed by atoms with E-state index in [2.05, 4.69) is 20.7 Å². The molecule has 0 bridgehead atoms. The molecule has 0 heterocycles. The normalized spacial score (nSPS) is 11.6. The summed E-state index contributed by atoms with van der Waals surface area (Å²) in [6.07, 6.45) is 1.17.